The van der Waals surface area contributed by atoms with Gasteiger partial charge in [0.05, 0.1) is 23.9 Å². The van der Waals surface area contributed by atoms with E-state index < -0.39 is 10.8 Å². The quantitative estimate of drug-likeness (QED) is 0.660. The summed E-state index contributed by atoms with van der Waals surface area (Å²) in [7, 11) is 1.52. The van der Waals surface area contributed by atoms with Gasteiger partial charge in [-0.2, -0.15) is 0 Å². The zero-order chi connectivity index (χ0) is 14.7. The van der Waals surface area contributed by atoms with Crippen LogP contribution in [-0.4, -0.2) is 22.9 Å². The summed E-state index contributed by atoms with van der Waals surface area (Å²) in [6, 6.07) is 6.27. The van der Waals surface area contributed by atoms with Crippen LogP contribution in [0.1, 0.15) is 10.5 Å². The maximum atomic E-state index is 12.0. The molecule has 1 aromatic heterocycles. The summed E-state index contributed by atoms with van der Waals surface area (Å²) in [6.45, 7) is 0. The summed E-state index contributed by atoms with van der Waals surface area (Å²) in [5.41, 5.74) is 0.442. The Morgan fingerprint density at radius 1 is 1.45 bits per heavy atom. The number of carbonyl (C=O) groups is 1. The molecule has 0 aliphatic carbocycles. The molecule has 7 nitrogen and oxygen atoms in total. The van der Waals surface area contributed by atoms with Crippen LogP contribution in [0.25, 0.3) is 0 Å². The van der Waals surface area contributed by atoms with E-state index in [2.05, 4.69) is 26.2 Å². The number of aromatic nitrogens is 1. The van der Waals surface area contributed by atoms with Crippen molar-refractivity contribution in [2.24, 2.45) is 0 Å². The Balaban J connectivity index is 2.20. The zero-order valence-corrected chi connectivity index (χ0v) is 11.9. The summed E-state index contributed by atoms with van der Waals surface area (Å²) in [5, 5.41) is 13.2. The van der Waals surface area contributed by atoms with Crippen LogP contribution in [0.2, 0.25) is 0 Å². The number of ether oxygens (including phenoxy) is 1. The van der Waals surface area contributed by atoms with Crippen molar-refractivity contribution in [3.05, 3.63) is 50.7 Å². The van der Waals surface area contributed by atoms with Crippen molar-refractivity contribution in [1.29, 1.82) is 0 Å². The largest absolute Gasteiger partial charge is 0.497 e. The maximum Gasteiger partial charge on any atom is 0.287 e. The van der Waals surface area contributed by atoms with Crippen LogP contribution in [0.3, 0.4) is 0 Å². The SMILES string of the molecule is COc1ccc(Br)c(NC(=O)c2cc([N+](=O)[O-])c[nH]2)c1. The van der Waals surface area contributed by atoms with Gasteiger partial charge >= 0.3 is 0 Å². The van der Waals surface area contributed by atoms with E-state index in [9.17, 15) is 14.9 Å². The number of hydrogen-bond acceptors (Lipinski definition) is 4. The smallest absolute Gasteiger partial charge is 0.287 e. The number of nitro groups is 1. The fourth-order valence-electron chi connectivity index (χ4n) is 1.54. The highest BCUT2D eigenvalue weighted by Gasteiger charge is 2.15. The van der Waals surface area contributed by atoms with Gasteiger partial charge in [-0.25, -0.2) is 0 Å². The summed E-state index contributed by atoms with van der Waals surface area (Å²) >= 11 is 3.30. The lowest BCUT2D eigenvalue weighted by molar-refractivity contribution is -0.384. The molecule has 1 heterocycles. The molecule has 1 aromatic carbocycles. The Morgan fingerprint density at radius 3 is 2.80 bits per heavy atom. The monoisotopic (exact) mass is 339 g/mol. The first kappa shape index (κ1) is 14.1. The number of carbonyl (C=O) groups excluding carboxylic acids is 1. The molecule has 0 radical (unpaired) electrons. The lowest BCUT2D eigenvalue weighted by Crippen LogP contribution is -2.12. The van der Waals surface area contributed by atoms with E-state index in [4.69, 9.17) is 4.74 Å². The number of rotatable bonds is 4. The minimum atomic E-state index is -0.575. The first-order chi connectivity index (χ1) is 9.51. The van der Waals surface area contributed by atoms with E-state index in [1.807, 2.05) is 0 Å². The van der Waals surface area contributed by atoms with Crippen molar-refractivity contribution >= 4 is 33.2 Å². The summed E-state index contributed by atoms with van der Waals surface area (Å²) in [4.78, 5) is 24.5. The number of halogens is 1. The van der Waals surface area contributed by atoms with Gasteiger partial charge in [0.25, 0.3) is 11.6 Å². The minimum Gasteiger partial charge on any atom is -0.497 e. The van der Waals surface area contributed by atoms with Crippen molar-refractivity contribution < 1.29 is 14.5 Å². The van der Waals surface area contributed by atoms with Crippen molar-refractivity contribution in [3.8, 4) is 5.75 Å². The number of H-pyrrole nitrogens is 1. The van der Waals surface area contributed by atoms with Crippen molar-refractivity contribution in [2.75, 3.05) is 12.4 Å². The van der Waals surface area contributed by atoms with Gasteiger partial charge in [0.1, 0.15) is 11.4 Å². The summed E-state index contributed by atoms with van der Waals surface area (Å²) in [5.74, 6) is 0.105. The number of nitrogens with zero attached hydrogens (tertiary/aromatic N) is 1. The molecule has 0 aliphatic rings. The molecule has 0 fully saturated rings. The van der Waals surface area contributed by atoms with E-state index in [1.54, 1.807) is 18.2 Å². The van der Waals surface area contributed by atoms with Gasteiger partial charge in [0.15, 0.2) is 0 Å². The number of anilines is 1. The molecule has 0 saturated carbocycles. The average molecular weight is 340 g/mol. The van der Waals surface area contributed by atoms with E-state index in [1.165, 1.54) is 13.2 Å². The number of methoxy groups -OCH3 is 1. The Kier molecular flexibility index (Phi) is 4.04. The predicted octanol–water partition coefficient (Wildman–Crippen LogP) is 2.95. The van der Waals surface area contributed by atoms with Gasteiger partial charge in [-0.05, 0) is 28.1 Å². The highest BCUT2D eigenvalue weighted by molar-refractivity contribution is 9.10. The van der Waals surface area contributed by atoms with E-state index in [0.717, 1.165) is 6.20 Å². The second-order valence-corrected chi connectivity index (χ2v) is 4.68. The second kappa shape index (κ2) is 5.74. The molecule has 0 aliphatic heterocycles. The topological polar surface area (TPSA) is 97.3 Å². The van der Waals surface area contributed by atoms with E-state index >= 15 is 0 Å². The first-order valence-corrected chi connectivity index (χ1v) is 6.28. The number of hydrogen-bond donors (Lipinski definition) is 2. The highest BCUT2D eigenvalue weighted by Crippen LogP contribution is 2.27. The van der Waals surface area contributed by atoms with E-state index in [0.29, 0.717) is 15.9 Å². The molecule has 2 N–H and O–H groups in total. The van der Waals surface area contributed by atoms with Crippen LogP contribution >= 0.6 is 15.9 Å². The fraction of sp³-hybridized carbons (Fsp3) is 0.0833. The number of nitrogens with one attached hydrogen (secondary N) is 2. The molecule has 0 unspecified atom stereocenters. The third-order valence-corrected chi connectivity index (χ3v) is 3.24. The zero-order valence-electron chi connectivity index (χ0n) is 10.3. The molecule has 104 valence electrons. The molecular weight excluding hydrogens is 330 g/mol. The first-order valence-electron chi connectivity index (χ1n) is 5.49. The highest BCUT2D eigenvalue weighted by atomic mass is 79.9. The van der Waals surface area contributed by atoms with Crippen LogP contribution < -0.4 is 10.1 Å². The number of benzene rings is 1. The Hall–Kier alpha value is -2.35. The molecule has 20 heavy (non-hydrogen) atoms. The molecule has 0 saturated heterocycles. The normalized spacial score (nSPS) is 10.1. The molecule has 0 bridgehead atoms. The van der Waals surface area contributed by atoms with Gasteiger partial charge < -0.3 is 15.0 Å². The predicted molar refractivity (Wildman–Crippen MR) is 76.1 cm³/mol. The van der Waals surface area contributed by atoms with Crippen LogP contribution in [0.4, 0.5) is 11.4 Å². The van der Waals surface area contributed by atoms with Gasteiger partial charge in [-0.3, -0.25) is 14.9 Å². The van der Waals surface area contributed by atoms with Crippen molar-refractivity contribution in [3.63, 3.8) is 0 Å². The molecule has 2 aromatic rings. The van der Waals surface area contributed by atoms with Crippen molar-refractivity contribution in [2.45, 2.75) is 0 Å². The Labute approximate surface area is 122 Å². The van der Waals surface area contributed by atoms with Crippen molar-refractivity contribution in [1.82, 2.24) is 4.98 Å². The third-order valence-electron chi connectivity index (χ3n) is 2.54. The van der Waals surface area contributed by atoms with Gasteiger partial charge in [-0.1, -0.05) is 0 Å². The molecule has 2 rings (SSSR count). The molecule has 1 amide bonds. The van der Waals surface area contributed by atoms with Gasteiger partial charge in [0, 0.05) is 16.6 Å². The molecule has 0 spiro atoms. The van der Waals surface area contributed by atoms with Crippen LogP contribution in [-0.2, 0) is 0 Å². The van der Waals surface area contributed by atoms with Gasteiger partial charge in [0.2, 0.25) is 0 Å². The van der Waals surface area contributed by atoms with Crippen LogP contribution in [0.15, 0.2) is 34.9 Å². The Morgan fingerprint density at radius 2 is 2.20 bits per heavy atom. The molecule has 0 atom stereocenters. The Bertz CT molecular complexity index is 668. The van der Waals surface area contributed by atoms with E-state index in [-0.39, 0.29) is 11.4 Å². The lowest BCUT2D eigenvalue weighted by Gasteiger charge is -2.08. The summed E-state index contributed by atoms with van der Waals surface area (Å²) in [6.07, 6.45) is 1.16. The molecular formula is C12H10BrN3O4. The average Bonchev–Trinajstić information content (AvgIpc) is 2.91. The third kappa shape index (κ3) is 2.97. The molecule has 8 heteroatoms. The van der Waals surface area contributed by atoms with Crippen LogP contribution in [0.5, 0.6) is 5.75 Å². The minimum absolute atomic E-state index is 0.103. The fourth-order valence-corrected chi connectivity index (χ4v) is 1.88. The standard InChI is InChI=1S/C12H10BrN3O4/c1-20-8-2-3-9(13)10(5-8)15-12(17)11-4-7(6-14-11)16(18)19/h2-6,14H,1H3,(H,15,17). The second-order valence-electron chi connectivity index (χ2n) is 3.83. The van der Waals surface area contributed by atoms with Crippen LogP contribution in [0, 0.1) is 10.1 Å². The summed E-state index contributed by atoms with van der Waals surface area (Å²) < 4.78 is 5.74. The lowest BCUT2D eigenvalue weighted by atomic mass is 10.3. The number of aromatic amines is 1. The maximum absolute atomic E-state index is 12.0. The number of amides is 1. The van der Waals surface area contributed by atoms with Gasteiger partial charge in [-0.15, -0.1) is 0 Å².